The summed E-state index contributed by atoms with van der Waals surface area (Å²) in [7, 11) is 0. The van der Waals surface area contributed by atoms with E-state index in [0.717, 1.165) is 17.5 Å². The van der Waals surface area contributed by atoms with Crippen LogP contribution in [0, 0.1) is 0 Å². The molecule has 1 aromatic heterocycles. The topological polar surface area (TPSA) is 53.4 Å². The second-order valence-electron chi connectivity index (χ2n) is 4.97. The summed E-state index contributed by atoms with van der Waals surface area (Å²) in [6, 6.07) is 10.2. The van der Waals surface area contributed by atoms with Crippen LogP contribution in [0.25, 0.3) is 10.8 Å². The number of benzene rings is 1. The molecule has 4 heteroatoms. The fraction of sp³-hybridized carbons (Fsp3) is 0.333. The monoisotopic (exact) mass is 256 g/mol. The van der Waals surface area contributed by atoms with E-state index in [2.05, 4.69) is 17.1 Å². The summed E-state index contributed by atoms with van der Waals surface area (Å²) in [6.07, 6.45) is 2.34. The zero-order valence-corrected chi connectivity index (χ0v) is 10.6. The number of hydrogen-bond acceptors (Lipinski definition) is 3. The van der Waals surface area contributed by atoms with Crippen molar-refractivity contribution in [1.82, 2.24) is 9.88 Å². The Bertz CT molecular complexity index is 612. The van der Waals surface area contributed by atoms with Crippen LogP contribution in [0.2, 0.25) is 0 Å². The Balaban J connectivity index is 1.70. The van der Waals surface area contributed by atoms with Crippen molar-refractivity contribution in [1.29, 1.82) is 0 Å². The molecule has 2 aromatic rings. The molecule has 0 bridgehead atoms. The van der Waals surface area contributed by atoms with E-state index in [1.54, 1.807) is 4.90 Å². The maximum absolute atomic E-state index is 11.6. The molecule has 1 N–H and O–H groups in total. The van der Waals surface area contributed by atoms with Gasteiger partial charge in [0.2, 0.25) is 5.91 Å². The van der Waals surface area contributed by atoms with Gasteiger partial charge in [-0.15, -0.1) is 0 Å². The zero-order chi connectivity index (χ0) is 13.2. The quantitative estimate of drug-likeness (QED) is 0.902. The van der Waals surface area contributed by atoms with Crippen molar-refractivity contribution in [3.05, 3.63) is 42.2 Å². The van der Waals surface area contributed by atoms with E-state index in [1.165, 1.54) is 5.39 Å². The Morgan fingerprint density at radius 1 is 1.32 bits per heavy atom. The number of aromatic nitrogens is 1. The molecule has 1 unspecified atom stereocenters. The van der Waals surface area contributed by atoms with Crippen molar-refractivity contribution < 1.29 is 9.90 Å². The smallest absolute Gasteiger partial charge is 0.225 e. The lowest BCUT2D eigenvalue weighted by Crippen LogP contribution is -2.28. The van der Waals surface area contributed by atoms with Crippen LogP contribution in [0.5, 0.6) is 0 Å². The van der Waals surface area contributed by atoms with Crippen LogP contribution < -0.4 is 0 Å². The van der Waals surface area contributed by atoms with Gasteiger partial charge in [0.15, 0.2) is 0 Å². The van der Waals surface area contributed by atoms with Crippen LogP contribution in [-0.2, 0) is 11.2 Å². The average Bonchev–Trinajstić information content (AvgIpc) is 2.74. The summed E-state index contributed by atoms with van der Waals surface area (Å²) >= 11 is 0. The molecule has 1 fully saturated rings. The van der Waals surface area contributed by atoms with E-state index in [9.17, 15) is 9.90 Å². The van der Waals surface area contributed by atoms with Gasteiger partial charge in [-0.05, 0) is 11.5 Å². The van der Waals surface area contributed by atoms with Gasteiger partial charge < -0.3 is 10.0 Å². The first-order chi connectivity index (χ1) is 9.22. The van der Waals surface area contributed by atoms with Gasteiger partial charge in [0.25, 0.3) is 0 Å². The van der Waals surface area contributed by atoms with E-state index in [4.69, 9.17) is 0 Å². The number of fused-ring (bicyclic) bond motifs is 1. The number of aliphatic hydroxyl groups excluding tert-OH is 1. The van der Waals surface area contributed by atoms with Crippen molar-refractivity contribution in [2.24, 2.45) is 0 Å². The molecule has 0 saturated carbocycles. The number of aliphatic hydroxyl groups is 1. The maximum atomic E-state index is 11.6. The molecule has 1 aromatic carbocycles. The molecular formula is C15H16N2O2. The first-order valence-electron chi connectivity index (χ1n) is 6.52. The maximum Gasteiger partial charge on any atom is 0.225 e. The standard InChI is InChI=1S/C15H16N2O2/c18-14-8-15(19)17(10-14)6-5-13-7-11-3-1-2-4-12(11)9-16-13/h1-4,7,9,14,18H,5-6,8,10H2. The molecule has 0 spiro atoms. The van der Waals surface area contributed by atoms with Gasteiger partial charge >= 0.3 is 0 Å². The number of carbonyl (C=O) groups is 1. The van der Waals surface area contributed by atoms with Crippen molar-refractivity contribution in [2.75, 3.05) is 13.1 Å². The van der Waals surface area contributed by atoms with Crippen molar-refractivity contribution >= 4 is 16.7 Å². The molecule has 2 heterocycles. The third-order valence-corrected chi connectivity index (χ3v) is 3.52. The summed E-state index contributed by atoms with van der Waals surface area (Å²) in [6.45, 7) is 1.08. The van der Waals surface area contributed by atoms with Crippen LogP contribution >= 0.6 is 0 Å². The highest BCUT2D eigenvalue weighted by molar-refractivity contribution is 5.82. The minimum atomic E-state index is -0.503. The molecule has 1 atom stereocenters. The number of β-amino-alcohol motifs (C(OH)–C–C–N with tert-alkyl or cyclic N) is 1. The number of likely N-dealkylation sites (tertiary alicyclic amines) is 1. The van der Waals surface area contributed by atoms with Crippen molar-refractivity contribution in [3.8, 4) is 0 Å². The fourth-order valence-electron chi connectivity index (χ4n) is 2.48. The molecule has 3 rings (SSSR count). The van der Waals surface area contributed by atoms with Gasteiger partial charge in [-0.2, -0.15) is 0 Å². The predicted octanol–water partition coefficient (Wildman–Crippen LogP) is 1.37. The van der Waals surface area contributed by atoms with Crippen LogP contribution in [-0.4, -0.2) is 40.1 Å². The largest absolute Gasteiger partial charge is 0.391 e. The van der Waals surface area contributed by atoms with Crippen LogP contribution in [0.15, 0.2) is 36.5 Å². The number of carbonyl (C=O) groups excluding carboxylic acids is 1. The van der Waals surface area contributed by atoms with Crippen molar-refractivity contribution in [3.63, 3.8) is 0 Å². The number of nitrogens with zero attached hydrogens (tertiary/aromatic N) is 2. The molecule has 1 amide bonds. The van der Waals surface area contributed by atoms with Gasteiger partial charge in [0.1, 0.15) is 0 Å². The van der Waals surface area contributed by atoms with Gasteiger partial charge in [0, 0.05) is 36.8 Å². The van der Waals surface area contributed by atoms with Crippen LogP contribution in [0.3, 0.4) is 0 Å². The van der Waals surface area contributed by atoms with E-state index in [0.29, 0.717) is 13.1 Å². The van der Waals surface area contributed by atoms with Gasteiger partial charge in [-0.25, -0.2) is 0 Å². The Labute approximate surface area is 111 Å². The number of hydrogen-bond donors (Lipinski definition) is 1. The second kappa shape index (κ2) is 4.97. The third kappa shape index (κ3) is 2.58. The minimum absolute atomic E-state index is 0.0355. The third-order valence-electron chi connectivity index (χ3n) is 3.52. The second-order valence-corrected chi connectivity index (χ2v) is 4.97. The van der Waals surface area contributed by atoms with Gasteiger partial charge in [-0.3, -0.25) is 9.78 Å². The Morgan fingerprint density at radius 2 is 2.11 bits per heavy atom. The molecule has 1 aliphatic heterocycles. The van der Waals surface area contributed by atoms with Crippen LogP contribution in [0.4, 0.5) is 0 Å². The summed E-state index contributed by atoms with van der Waals surface area (Å²) < 4.78 is 0. The van der Waals surface area contributed by atoms with E-state index < -0.39 is 6.10 Å². The van der Waals surface area contributed by atoms with Crippen LogP contribution in [0.1, 0.15) is 12.1 Å². The number of pyridine rings is 1. The summed E-state index contributed by atoms with van der Waals surface area (Å²) in [5.41, 5.74) is 0.980. The molecule has 0 radical (unpaired) electrons. The lowest BCUT2D eigenvalue weighted by Gasteiger charge is -2.15. The molecule has 98 valence electrons. The first-order valence-corrected chi connectivity index (χ1v) is 6.52. The molecular weight excluding hydrogens is 240 g/mol. The highest BCUT2D eigenvalue weighted by Gasteiger charge is 2.27. The highest BCUT2D eigenvalue weighted by Crippen LogP contribution is 2.15. The lowest BCUT2D eigenvalue weighted by molar-refractivity contribution is -0.127. The van der Waals surface area contributed by atoms with E-state index >= 15 is 0 Å². The Morgan fingerprint density at radius 3 is 2.84 bits per heavy atom. The Kier molecular flexibility index (Phi) is 3.17. The average molecular weight is 256 g/mol. The molecule has 4 nitrogen and oxygen atoms in total. The predicted molar refractivity (Wildman–Crippen MR) is 72.7 cm³/mol. The summed E-state index contributed by atoms with van der Waals surface area (Å²) in [5.74, 6) is 0.0355. The summed E-state index contributed by atoms with van der Waals surface area (Å²) in [5, 5.41) is 11.7. The summed E-state index contributed by atoms with van der Waals surface area (Å²) in [4.78, 5) is 17.7. The fourth-order valence-corrected chi connectivity index (χ4v) is 2.48. The lowest BCUT2D eigenvalue weighted by atomic mass is 10.1. The zero-order valence-electron chi connectivity index (χ0n) is 10.6. The molecule has 1 aliphatic rings. The molecule has 1 saturated heterocycles. The molecule has 19 heavy (non-hydrogen) atoms. The van der Waals surface area contributed by atoms with Gasteiger partial charge in [-0.1, -0.05) is 24.3 Å². The number of amides is 1. The number of rotatable bonds is 3. The molecule has 0 aliphatic carbocycles. The van der Waals surface area contributed by atoms with E-state index in [-0.39, 0.29) is 12.3 Å². The Hall–Kier alpha value is -1.94. The van der Waals surface area contributed by atoms with Crippen molar-refractivity contribution in [2.45, 2.75) is 18.9 Å². The SMILES string of the molecule is O=C1CC(O)CN1CCc1cc2ccccc2cn1. The van der Waals surface area contributed by atoms with E-state index in [1.807, 2.05) is 24.4 Å². The minimum Gasteiger partial charge on any atom is -0.391 e. The normalized spacial score (nSPS) is 19.3. The first kappa shape index (κ1) is 12.1. The van der Waals surface area contributed by atoms with Gasteiger partial charge in [0.05, 0.1) is 12.5 Å². The highest BCUT2D eigenvalue weighted by atomic mass is 16.3.